The molecule has 0 bridgehead atoms. The fourth-order valence-electron chi connectivity index (χ4n) is 5.26. The molecule has 29 heavy (non-hydrogen) atoms. The van der Waals surface area contributed by atoms with E-state index in [2.05, 4.69) is 49.1 Å². The quantitative estimate of drug-likeness (QED) is 0.822. The number of nitrogens with two attached hydrogens (primary N) is 2. The van der Waals surface area contributed by atoms with Gasteiger partial charge in [-0.15, -0.1) is 0 Å². The van der Waals surface area contributed by atoms with Crippen LogP contribution in [0.4, 0.5) is 0 Å². The zero-order valence-corrected chi connectivity index (χ0v) is 17.7. The molecule has 0 radical (unpaired) electrons. The van der Waals surface area contributed by atoms with Gasteiger partial charge < -0.3 is 16.4 Å². The van der Waals surface area contributed by atoms with Crippen molar-refractivity contribution in [1.82, 2.24) is 4.90 Å². The number of primary amides is 1. The van der Waals surface area contributed by atoms with Gasteiger partial charge in [-0.05, 0) is 78.9 Å². The van der Waals surface area contributed by atoms with Crippen LogP contribution in [-0.4, -0.2) is 36.0 Å². The monoisotopic (exact) mass is 391 g/mol. The molecule has 0 saturated carbocycles. The van der Waals surface area contributed by atoms with Crippen molar-refractivity contribution in [3.63, 3.8) is 0 Å². The summed E-state index contributed by atoms with van der Waals surface area (Å²) in [4.78, 5) is 14.2. The predicted octanol–water partition coefficient (Wildman–Crippen LogP) is 3.27. The van der Waals surface area contributed by atoms with Crippen LogP contribution < -0.4 is 11.5 Å². The second-order valence-corrected chi connectivity index (χ2v) is 9.55. The Morgan fingerprint density at radius 1 is 1.14 bits per heavy atom. The third-order valence-electron chi connectivity index (χ3n) is 7.50. The first-order valence-corrected chi connectivity index (χ1v) is 10.8. The van der Waals surface area contributed by atoms with Crippen LogP contribution in [0.2, 0.25) is 0 Å². The van der Waals surface area contributed by atoms with E-state index in [0.29, 0.717) is 11.5 Å². The molecular formula is C25H33N3O. The Morgan fingerprint density at radius 2 is 1.83 bits per heavy atom. The molecule has 1 heterocycles. The van der Waals surface area contributed by atoms with Gasteiger partial charge in [0.25, 0.3) is 0 Å². The summed E-state index contributed by atoms with van der Waals surface area (Å²) in [6, 6.07) is 16.6. The van der Waals surface area contributed by atoms with Crippen molar-refractivity contribution in [2.75, 3.05) is 19.6 Å². The number of hydrogen-bond donors (Lipinski definition) is 2. The van der Waals surface area contributed by atoms with Crippen molar-refractivity contribution >= 4 is 5.91 Å². The molecule has 2 aromatic rings. The van der Waals surface area contributed by atoms with Gasteiger partial charge in [0.1, 0.15) is 0 Å². The standard InChI is InChI=1S/C25H33N3O/c1-18-17-28(13-11-25(27)15-20-6-3-4-7-21(20)16-25)12-10-24(18,2)22-9-5-8-19(14-22)23(26)29/h3-9,14,18H,10-13,15-17,27H2,1-2H3,(H2,26,29). The van der Waals surface area contributed by atoms with Crippen molar-refractivity contribution in [3.8, 4) is 0 Å². The third kappa shape index (κ3) is 3.96. The summed E-state index contributed by atoms with van der Waals surface area (Å²) in [6.45, 7) is 7.82. The molecule has 0 spiro atoms. The second-order valence-electron chi connectivity index (χ2n) is 9.55. The summed E-state index contributed by atoms with van der Waals surface area (Å²) in [5, 5.41) is 0. The highest BCUT2D eigenvalue weighted by molar-refractivity contribution is 5.92. The van der Waals surface area contributed by atoms with E-state index < -0.39 is 0 Å². The number of rotatable bonds is 5. The van der Waals surface area contributed by atoms with Gasteiger partial charge in [-0.1, -0.05) is 50.2 Å². The highest BCUT2D eigenvalue weighted by atomic mass is 16.1. The van der Waals surface area contributed by atoms with Gasteiger partial charge in [0, 0.05) is 17.6 Å². The van der Waals surface area contributed by atoms with Gasteiger partial charge in [-0.25, -0.2) is 0 Å². The zero-order valence-electron chi connectivity index (χ0n) is 17.7. The van der Waals surface area contributed by atoms with Gasteiger partial charge in [-0.3, -0.25) is 4.79 Å². The molecule has 1 aliphatic carbocycles. The lowest BCUT2D eigenvalue weighted by Crippen LogP contribution is -2.50. The lowest BCUT2D eigenvalue weighted by Gasteiger charge is -2.45. The lowest BCUT2D eigenvalue weighted by molar-refractivity contribution is 0.0995. The van der Waals surface area contributed by atoms with Crippen molar-refractivity contribution in [1.29, 1.82) is 0 Å². The molecule has 1 aliphatic heterocycles. The number of fused-ring (bicyclic) bond motifs is 1. The molecule has 1 fully saturated rings. The van der Waals surface area contributed by atoms with E-state index in [4.69, 9.17) is 11.5 Å². The minimum absolute atomic E-state index is 0.0615. The minimum Gasteiger partial charge on any atom is -0.366 e. The first-order valence-electron chi connectivity index (χ1n) is 10.8. The molecule has 4 nitrogen and oxygen atoms in total. The van der Waals surface area contributed by atoms with Crippen molar-refractivity contribution in [2.45, 2.75) is 50.5 Å². The van der Waals surface area contributed by atoms with Gasteiger partial charge >= 0.3 is 0 Å². The first kappa shape index (κ1) is 20.1. The zero-order chi connectivity index (χ0) is 20.6. The molecule has 2 aliphatic rings. The Labute approximate surface area is 174 Å². The Morgan fingerprint density at radius 3 is 2.45 bits per heavy atom. The average Bonchev–Trinajstić information content (AvgIpc) is 3.05. The molecule has 0 aromatic heterocycles. The summed E-state index contributed by atoms with van der Waals surface area (Å²) in [5.74, 6) is 0.139. The number of piperidine rings is 1. The van der Waals surface area contributed by atoms with E-state index in [0.717, 1.165) is 45.3 Å². The Balaban J connectivity index is 1.38. The minimum atomic E-state index is -0.355. The molecule has 1 amide bonds. The van der Waals surface area contributed by atoms with Gasteiger partial charge in [-0.2, -0.15) is 0 Å². The molecule has 4 N–H and O–H groups in total. The summed E-state index contributed by atoms with van der Waals surface area (Å²) < 4.78 is 0. The normalized spacial score (nSPS) is 26.2. The first-order chi connectivity index (χ1) is 13.8. The van der Waals surface area contributed by atoms with Crippen LogP contribution in [0.15, 0.2) is 48.5 Å². The van der Waals surface area contributed by atoms with E-state index in [1.54, 1.807) is 6.07 Å². The van der Waals surface area contributed by atoms with Crippen LogP contribution in [0.5, 0.6) is 0 Å². The molecule has 2 unspecified atom stereocenters. The van der Waals surface area contributed by atoms with Crippen LogP contribution in [0.1, 0.15) is 53.7 Å². The number of carbonyl (C=O) groups is 1. The smallest absolute Gasteiger partial charge is 0.248 e. The molecule has 1 saturated heterocycles. The maximum atomic E-state index is 11.6. The van der Waals surface area contributed by atoms with E-state index >= 15 is 0 Å². The largest absolute Gasteiger partial charge is 0.366 e. The topological polar surface area (TPSA) is 72.3 Å². The van der Waals surface area contributed by atoms with Gasteiger partial charge in [0.15, 0.2) is 0 Å². The summed E-state index contributed by atoms with van der Waals surface area (Å²) in [7, 11) is 0. The Hall–Kier alpha value is -2.17. The Bertz CT molecular complexity index is 883. The fraction of sp³-hybridized carbons (Fsp3) is 0.480. The molecule has 2 aromatic carbocycles. The fourth-order valence-corrected chi connectivity index (χ4v) is 5.26. The van der Waals surface area contributed by atoms with Crippen molar-refractivity contribution in [3.05, 3.63) is 70.8 Å². The number of hydrogen-bond acceptors (Lipinski definition) is 3. The number of nitrogens with zero attached hydrogens (tertiary/aromatic N) is 1. The molecular weight excluding hydrogens is 358 g/mol. The summed E-state index contributed by atoms with van der Waals surface area (Å²) >= 11 is 0. The van der Waals surface area contributed by atoms with Crippen LogP contribution in [0.25, 0.3) is 0 Å². The second kappa shape index (κ2) is 7.58. The summed E-state index contributed by atoms with van der Waals surface area (Å²) in [5.41, 5.74) is 16.9. The molecule has 4 rings (SSSR count). The number of likely N-dealkylation sites (tertiary alicyclic amines) is 1. The number of benzene rings is 2. The maximum Gasteiger partial charge on any atom is 0.248 e. The van der Waals surface area contributed by atoms with E-state index in [9.17, 15) is 4.79 Å². The third-order valence-corrected chi connectivity index (χ3v) is 7.50. The number of carbonyl (C=O) groups excluding carboxylic acids is 1. The summed E-state index contributed by atoms with van der Waals surface area (Å²) in [6.07, 6.45) is 4.09. The van der Waals surface area contributed by atoms with Crippen LogP contribution in [0, 0.1) is 5.92 Å². The highest BCUT2D eigenvalue weighted by Crippen LogP contribution is 2.40. The van der Waals surface area contributed by atoms with Crippen LogP contribution in [-0.2, 0) is 18.3 Å². The Kier molecular flexibility index (Phi) is 5.26. The van der Waals surface area contributed by atoms with E-state index in [-0.39, 0.29) is 16.9 Å². The van der Waals surface area contributed by atoms with Crippen molar-refractivity contribution in [2.24, 2.45) is 17.4 Å². The van der Waals surface area contributed by atoms with Crippen molar-refractivity contribution < 1.29 is 4.79 Å². The molecule has 2 atom stereocenters. The molecule has 4 heteroatoms. The van der Waals surface area contributed by atoms with Crippen LogP contribution in [0.3, 0.4) is 0 Å². The maximum absolute atomic E-state index is 11.6. The number of amides is 1. The molecule has 154 valence electrons. The van der Waals surface area contributed by atoms with Gasteiger partial charge in [0.05, 0.1) is 0 Å². The van der Waals surface area contributed by atoms with E-state index in [1.807, 2.05) is 12.1 Å². The van der Waals surface area contributed by atoms with Gasteiger partial charge in [0.2, 0.25) is 5.91 Å². The van der Waals surface area contributed by atoms with Crippen LogP contribution >= 0.6 is 0 Å². The predicted molar refractivity (Wildman–Crippen MR) is 118 cm³/mol. The van der Waals surface area contributed by atoms with E-state index in [1.165, 1.54) is 16.7 Å². The highest BCUT2D eigenvalue weighted by Gasteiger charge is 2.39. The SMILES string of the molecule is CC1CN(CCC2(N)Cc3ccccc3C2)CCC1(C)c1cccc(C(N)=O)c1. The average molecular weight is 392 g/mol. The lowest BCUT2D eigenvalue weighted by atomic mass is 9.67.